The van der Waals surface area contributed by atoms with Gasteiger partial charge in [-0.05, 0) is 45.7 Å². The molecular formula is C18H26O4S. The van der Waals surface area contributed by atoms with Crippen LogP contribution in [0.25, 0.3) is 0 Å². The smallest absolute Gasteiger partial charge is 0.311 e. The highest BCUT2D eigenvalue weighted by molar-refractivity contribution is 7.85. The molecule has 1 saturated carbocycles. The molecule has 1 N–H and O–H groups in total. The summed E-state index contributed by atoms with van der Waals surface area (Å²) in [6.45, 7) is 5.69. The first-order valence-electron chi connectivity index (χ1n) is 8.26. The molecule has 0 aliphatic heterocycles. The van der Waals surface area contributed by atoms with E-state index < -0.39 is 33.5 Å². The molecule has 1 aliphatic rings. The average Bonchev–Trinajstić information content (AvgIpc) is 2.55. The summed E-state index contributed by atoms with van der Waals surface area (Å²) < 4.78 is 18.1. The maximum Gasteiger partial charge on any atom is 0.311 e. The number of aliphatic hydroxyl groups is 1. The van der Waals surface area contributed by atoms with Crippen LogP contribution in [0.15, 0.2) is 29.2 Å². The fourth-order valence-electron chi connectivity index (χ4n) is 3.24. The Kier molecular flexibility index (Phi) is 5.98. The van der Waals surface area contributed by atoms with Crippen LogP contribution in [-0.2, 0) is 20.3 Å². The number of rotatable bonds is 5. The van der Waals surface area contributed by atoms with Gasteiger partial charge in [-0.3, -0.25) is 9.00 Å². The highest BCUT2D eigenvalue weighted by atomic mass is 32.2. The summed E-state index contributed by atoms with van der Waals surface area (Å²) >= 11 is 0. The summed E-state index contributed by atoms with van der Waals surface area (Å²) in [6.07, 6.45) is 2.89. The number of hydrogen-bond donors (Lipinski definition) is 1. The van der Waals surface area contributed by atoms with E-state index in [0.717, 1.165) is 18.4 Å². The van der Waals surface area contributed by atoms with Gasteiger partial charge in [-0.15, -0.1) is 0 Å². The van der Waals surface area contributed by atoms with Gasteiger partial charge in [0, 0.05) is 4.90 Å². The van der Waals surface area contributed by atoms with E-state index >= 15 is 0 Å². The molecular weight excluding hydrogens is 312 g/mol. The van der Waals surface area contributed by atoms with Gasteiger partial charge in [0.1, 0.15) is 0 Å². The number of hydrogen-bond acceptors (Lipinski definition) is 4. The number of ether oxygens (including phenoxy) is 1. The summed E-state index contributed by atoms with van der Waals surface area (Å²) in [5.41, 5.74) is -0.176. The zero-order chi connectivity index (χ0) is 17.0. The normalized spacial score (nSPS) is 27.2. The molecule has 4 nitrogen and oxygen atoms in total. The zero-order valence-corrected chi connectivity index (χ0v) is 14.9. The van der Waals surface area contributed by atoms with Crippen molar-refractivity contribution in [2.45, 2.75) is 62.2 Å². The number of aryl methyl sites for hydroxylation is 1. The van der Waals surface area contributed by atoms with Gasteiger partial charge in [0.2, 0.25) is 0 Å². The molecule has 1 aliphatic carbocycles. The van der Waals surface area contributed by atoms with Crippen LogP contribution in [0.5, 0.6) is 0 Å². The van der Waals surface area contributed by atoms with Crippen molar-refractivity contribution in [2.24, 2.45) is 5.92 Å². The molecule has 0 saturated heterocycles. The molecule has 128 valence electrons. The molecule has 1 aromatic carbocycles. The molecule has 0 spiro atoms. The fourth-order valence-corrected chi connectivity index (χ4v) is 5.05. The van der Waals surface area contributed by atoms with Crippen LogP contribution < -0.4 is 0 Å². The minimum Gasteiger partial charge on any atom is -0.466 e. The van der Waals surface area contributed by atoms with Crippen molar-refractivity contribution in [3.63, 3.8) is 0 Å². The third-order valence-corrected chi connectivity index (χ3v) is 6.65. The quantitative estimate of drug-likeness (QED) is 0.838. The van der Waals surface area contributed by atoms with Crippen molar-refractivity contribution in [1.29, 1.82) is 0 Å². The second-order valence-corrected chi connectivity index (χ2v) is 7.95. The lowest BCUT2D eigenvalue weighted by Crippen LogP contribution is -2.54. The monoisotopic (exact) mass is 338 g/mol. The van der Waals surface area contributed by atoms with Crippen LogP contribution in [-0.4, -0.2) is 32.7 Å². The second kappa shape index (κ2) is 7.58. The average molecular weight is 338 g/mol. The summed E-state index contributed by atoms with van der Waals surface area (Å²) in [4.78, 5) is 12.8. The van der Waals surface area contributed by atoms with Gasteiger partial charge in [-0.2, -0.15) is 0 Å². The predicted molar refractivity (Wildman–Crippen MR) is 90.6 cm³/mol. The van der Waals surface area contributed by atoms with E-state index in [1.807, 2.05) is 31.2 Å². The molecule has 1 unspecified atom stereocenters. The standard InChI is InChI=1S/C18H26O4S/c1-4-22-17(19)14(3)18(20)12-6-5-7-16(18)23(21)15-10-8-13(2)9-11-15/h8-11,14,16,20H,4-7,12H2,1-3H3/t14-,16-,18-,23?/m0/s1. The molecule has 0 heterocycles. The first kappa shape index (κ1) is 18.1. The van der Waals surface area contributed by atoms with Crippen LogP contribution in [0.2, 0.25) is 0 Å². The number of carbonyl (C=O) groups is 1. The third-order valence-electron chi connectivity index (χ3n) is 4.75. The van der Waals surface area contributed by atoms with E-state index in [-0.39, 0.29) is 6.61 Å². The largest absolute Gasteiger partial charge is 0.466 e. The minimum atomic E-state index is -1.35. The van der Waals surface area contributed by atoms with Gasteiger partial charge in [-0.25, -0.2) is 0 Å². The van der Waals surface area contributed by atoms with Crippen molar-refractivity contribution in [2.75, 3.05) is 6.61 Å². The van der Waals surface area contributed by atoms with Gasteiger partial charge < -0.3 is 9.84 Å². The Hall–Kier alpha value is -1.20. The summed E-state index contributed by atoms with van der Waals surface area (Å²) in [6, 6.07) is 7.53. The summed E-state index contributed by atoms with van der Waals surface area (Å²) in [5.74, 6) is -1.09. The number of carbonyl (C=O) groups excluding carboxylic acids is 1. The molecule has 1 aromatic rings. The van der Waals surface area contributed by atoms with Gasteiger partial charge in [0.05, 0.1) is 34.2 Å². The van der Waals surface area contributed by atoms with E-state index in [2.05, 4.69) is 0 Å². The Bertz CT molecular complexity index is 569. The maximum absolute atomic E-state index is 13.0. The molecule has 2 rings (SSSR count). The first-order valence-corrected chi connectivity index (χ1v) is 9.47. The highest BCUT2D eigenvalue weighted by Crippen LogP contribution is 2.39. The van der Waals surface area contributed by atoms with E-state index in [0.29, 0.717) is 17.7 Å². The summed E-state index contributed by atoms with van der Waals surface area (Å²) in [5, 5.41) is 10.7. The van der Waals surface area contributed by atoms with Gasteiger partial charge in [-0.1, -0.05) is 30.5 Å². The topological polar surface area (TPSA) is 63.6 Å². The van der Waals surface area contributed by atoms with Crippen molar-refractivity contribution < 1.29 is 18.8 Å². The Morgan fingerprint density at radius 1 is 1.39 bits per heavy atom. The van der Waals surface area contributed by atoms with Crippen LogP contribution >= 0.6 is 0 Å². The van der Waals surface area contributed by atoms with Crippen LogP contribution in [0.3, 0.4) is 0 Å². The minimum absolute atomic E-state index is 0.283. The van der Waals surface area contributed by atoms with Crippen molar-refractivity contribution in [1.82, 2.24) is 0 Å². The Morgan fingerprint density at radius 3 is 2.65 bits per heavy atom. The van der Waals surface area contributed by atoms with Crippen molar-refractivity contribution in [3.8, 4) is 0 Å². The Balaban J connectivity index is 2.28. The van der Waals surface area contributed by atoms with Gasteiger partial charge in [0.15, 0.2) is 0 Å². The Morgan fingerprint density at radius 2 is 2.04 bits per heavy atom. The van der Waals surface area contributed by atoms with Crippen LogP contribution in [0.4, 0.5) is 0 Å². The lowest BCUT2D eigenvalue weighted by Gasteiger charge is -2.42. The van der Waals surface area contributed by atoms with E-state index in [4.69, 9.17) is 4.74 Å². The lowest BCUT2D eigenvalue weighted by molar-refractivity contribution is -0.159. The molecule has 1 fully saturated rings. The molecule has 4 atom stereocenters. The fraction of sp³-hybridized carbons (Fsp3) is 0.611. The van der Waals surface area contributed by atoms with Crippen LogP contribution in [0, 0.1) is 12.8 Å². The van der Waals surface area contributed by atoms with E-state index in [9.17, 15) is 14.1 Å². The van der Waals surface area contributed by atoms with Crippen molar-refractivity contribution in [3.05, 3.63) is 29.8 Å². The molecule has 0 radical (unpaired) electrons. The number of esters is 1. The maximum atomic E-state index is 13.0. The SMILES string of the molecule is CCOC(=O)[C@H](C)[C@@]1(O)CCCC[C@@H]1S(=O)c1ccc(C)cc1. The highest BCUT2D eigenvalue weighted by Gasteiger charge is 2.49. The molecule has 0 bridgehead atoms. The van der Waals surface area contributed by atoms with E-state index in [1.54, 1.807) is 13.8 Å². The van der Waals surface area contributed by atoms with Crippen molar-refractivity contribution >= 4 is 16.8 Å². The van der Waals surface area contributed by atoms with Gasteiger partial charge in [0.25, 0.3) is 0 Å². The Labute approximate surface area is 140 Å². The first-order chi connectivity index (χ1) is 10.9. The number of benzene rings is 1. The molecule has 0 amide bonds. The zero-order valence-electron chi connectivity index (χ0n) is 14.1. The molecule has 23 heavy (non-hydrogen) atoms. The van der Waals surface area contributed by atoms with Crippen LogP contribution in [0.1, 0.15) is 45.1 Å². The third kappa shape index (κ3) is 3.83. The van der Waals surface area contributed by atoms with Gasteiger partial charge >= 0.3 is 5.97 Å². The molecule has 5 heteroatoms. The second-order valence-electron chi connectivity index (χ2n) is 6.31. The summed E-state index contributed by atoms with van der Waals surface area (Å²) in [7, 11) is -1.35. The molecule has 0 aromatic heterocycles. The lowest BCUT2D eigenvalue weighted by atomic mass is 9.76. The van der Waals surface area contributed by atoms with E-state index in [1.165, 1.54) is 0 Å². The predicted octanol–water partition coefficient (Wildman–Crippen LogP) is 2.98.